The van der Waals surface area contributed by atoms with Crippen molar-refractivity contribution in [2.24, 2.45) is 0 Å². The highest BCUT2D eigenvalue weighted by molar-refractivity contribution is 6.30. The monoisotopic (exact) mass is 236 g/mol. The van der Waals surface area contributed by atoms with Gasteiger partial charge in [0.25, 0.3) is 0 Å². The summed E-state index contributed by atoms with van der Waals surface area (Å²) in [7, 11) is 0. The Kier molecular flexibility index (Phi) is 3.91. The van der Waals surface area contributed by atoms with E-state index in [1.165, 1.54) is 0 Å². The van der Waals surface area contributed by atoms with Crippen LogP contribution in [-0.2, 0) is 13.1 Å². The predicted octanol–water partition coefficient (Wildman–Crippen LogP) is 1.72. The van der Waals surface area contributed by atoms with Crippen LogP contribution in [0.2, 0.25) is 5.15 Å². The fraction of sp³-hybridized carbons (Fsp3) is 0.273. The quantitative estimate of drug-likeness (QED) is 0.635. The van der Waals surface area contributed by atoms with E-state index in [0.717, 1.165) is 25.2 Å². The number of hydrogen-bond acceptors (Lipinski definition) is 3. The van der Waals surface area contributed by atoms with Crippen molar-refractivity contribution in [3.8, 4) is 0 Å². The van der Waals surface area contributed by atoms with Crippen LogP contribution >= 0.6 is 11.6 Å². The number of nitrogens with one attached hydrogen (secondary N) is 1. The van der Waals surface area contributed by atoms with Gasteiger partial charge in [-0.3, -0.25) is 0 Å². The molecule has 0 aliphatic heterocycles. The Morgan fingerprint density at radius 2 is 2.31 bits per heavy atom. The summed E-state index contributed by atoms with van der Waals surface area (Å²) in [4.78, 5) is 8.00. The lowest BCUT2D eigenvalue weighted by molar-refractivity contribution is 0.597. The van der Waals surface area contributed by atoms with Crippen molar-refractivity contribution in [3.05, 3.63) is 47.8 Å². The van der Waals surface area contributed by atoms with Crippen LogP contribution in [0.5, 0.6) is 0 Å². The molecule has 0 unspecified atom stereocenters. The first-order valence-electron chi connectivity index (χ1n) is 5.12. The van der Waals surface area contributed by atoms with E-state index in [4.69, 9.17) is 11.6 Å². The van der Waals surface area contributed by atoms with E-state index in [0.29, 0.717) is 5.15 Å². The molecule has 1 N–H and O–H groups in total. The van der Waals surface area contributed by atoms with Crippen LogP contribution in [-0.4, -0.2) is 21.1 Å². The minimum absolute atomic E-state index is 0.567. The molecule has 2 rings (SSSR count). The Bertz CT molecular complexity index is 427. The van der Waals surface area contributed by atoms with E-state index in [1.807, 2.05) is 22.9 Å². The zero-order valence-corrected chi connectivity index (χ0v) is 9.56. The number of rotatable bonds is 5. The van der Waals surface area contributed by atoms with Gasteiger partial charge in [-0.1, -0.05) is 17.7 Å². The second kappa shape index (κ2) is 5.63. The average molecular weight is 237 g/mol. The third kappa shape index (κ3) is 3.05. The third-order valence-corrected chi connectivity index (χ3v) is 2.60. The molecule has 84 valence electrons. The molecule has 0 aromatic carbocycles. The normalized spacial score (nSPS) is 10.6. The summed E-state index contributed by atoms with van der Waals surface area (Å²) >= 11 is 5.94. The van der Waals surface area contributed by atoms with E-state index in [1.54, 1.807) is 18.7 Å². The third-order valence-electron chi connectivity index (χ3n) is 2.26. The summed E-state index contributed by atoms with van der Waals surface area (Å²) < 4.78 is 2.03. The molecular weight excluding hydrogens is 224 g/mol. The number of hydrogen-bond donors (Lipinski definition) is 1. The lowest BCUT2D eigenvalue weighted by Crippen LogP contribution is -2.19. The lowest BCUT2D eigenvalue weighted by atomic mass is 10.3. The molecule has 5 heteroatoms. The van der Waals surface area contributed by atoms with Crippen LogP contribution in [0, 0.1) is 0 Å². The van der Waals surface area contributed by atoms with Crippen LogP contribution in [0.1, 0.15) is 5.56 Å². The first kappa shape index (κ1) is 11.1. The van der Waals surface area contributed by atoms with Gasteiger partial charge in [-0.25, -0.2) is 9.97 Å². The van der Waals surface area contributed by atoms with Crippen LogP contribution in [0.3, 0.4) is 0 Å². The maximum atomic E-state index is 5.94. The van der Waals surface area contributed by atoms with Crippen molar-refractivity contribution >= 4 is 11.6 Å². The van der Waals surface area contributed by atoms with Crippen molar-refractivity contribution < 1.29 is 0 Å². The molecule has 0 radical (unpaired) electrons. The minimum atomic E-state index is 0.567. The molecule has 0 amide bonds. The molecule has 0 fully saturated rings. The molecule has 0 aliphatic rings. The summed E-state index contributed by atoms with van der Waals surface area (Å²) in [6, 6.07) is 3.86. The fourth-order valence-electron chi connectivity index (χ4n) is 1.40. The van der Waals surface area contributed by atoms with Gasteiger partial charge in [0.2, 0.25) is 0 Å². The van der Waals surface area contributed by atoms with Gasteiger partial charge in [-0.05, 0) is 6.07 Å². The molecule has 0 saturated carbocycles. The Morgan fingerprint density at radius 3 is 3.06 bits per heavy atom. The maximum absolute atomic E-state index is 5.94. The molecule has 2 aromatic rings. The highest BCUT2D eigenvalue weighted by Gasteiger charge is 1.98. The molecule has 2 heterocycles. The van der Waals surface area contributed by atoms with Crippen molar-refractivity contribution in [1.29, 1.82) is 0 Å². The molecule has 0 aliphatic carbocycles. The van der Waals surface area contributed by atoms with Crippen molar-refractivity contribution in [1.82, 2.24) is 19.9 Å². The van der Waals surface area contributed by atoms with Crippen molar-refractivity contribution in [3.63, 3.8) is 0 Å². The largest absolute Gasteiger partial charge is 0.336 e. The number of halogens is 1. The summed E-state index contributed by atoms with van der Waals surface area (Å²) in [6.07, 6.45) is 7.22. The summed E-state index contributed by atoms with van der Waals surface area (Å²) in [5.74, 6) is 0. The van der Waals surface area contributed by atoms with Gasteiger partial charge in [0, 0.05) is 43.8 Å². The first-order valence-corrected chi connectivity index (χ1v) is 5.50. The first-order chi connectivity index (χ1) is 7.86. The van der Waals surface area contributed by atoms with Gasteiger partial charge in [0.1, 0.15) is 5.15 Å². The van der Waals surface area contributed by atoms with E-state index in [-0.39, 0.29) is 0 Å². The van der Waals surface area contributed by atoms with Crippen molar-refractivity contribution in [2.75, 3.05) is 6.54 Å². The highest BCUT2D eigenvalue weighted by atomic mass is 35.5. The average Bonchev–Trinajstić information content (AvgIpc) is 2.79. The van der Waals surface area contributed by atoms with E-state index < -0.39 is 0 Å². The minimum Gasteiger partial charge on any atom is -0.336 e. The molecule has 16 heavy (non-hydrogen) atoms. The van der Waals surface area contributed by atoms with E-state index in [9.17, 15) is 0 Å². The van der Waals surface area contributed by atoms with Gasteiger partial charge in [-0.2, -0.15) is 0 Å². The topological polar surface area (TPSA) is 42.7 Å². The Labute approximate surface area is 99.3 Å². The maximum Gasteiger partial charge on any atom is 0.133 e. The van der Waals surface area contributed by atoms with Gasteiger partial charge >= 0.3 is 0 Å². The Hall–Kier alpha value is -1.39. The zero-order chi connectivity index (χ0) is 11.2. The summed E-state index contributed by atoms with van der Waals surface area (Å²) in [5.41, 5.74) is 1.02. The number of pyridine rings is 1. The fourth-order valence-corrected chi connectivity index (χ4v) is 1.59. The SMILES string of the molecule is Clc1ncccc1CNCCn1ccnc1. The summed E-state index contributed by atoms with van der Waals surface area (Å²) in [6.45, 7) is 2.51. The number of imidazole rings is 1. The van der Waals surface area contributed by atoms with Crippen LogP contribution in [0.15, 0.2) is 37.1 Å². The number of nitrogens with zero attached hydrogens (tertiary/aromatic N) is 3. The van der Waals surface area contributed by atoms with Crippen molar-refractivity contribution in [2.45, 2.75) is 13.1 Å². The second-order valence-corrected chi connectivity index (χ2v) is 3.79. The molecule has 0 saturated heterocycles. The van der Waals surface area contributed by atoms with Gasteiger partial charge in [0.05, 0.1) is 6.33 Å². The molecule has 0 atom stereocenters. The number of aromatic nitrogens is 3. The van der Waals surface area contributed by atoms with Gasteiger partial charge < -0.3 is 9.88 Å². The van der Waals surface area contributed by atoms with Crippen LogP contribution in [0.4, 0.5) is 0 Å². The second-order valence-electron chi connectivity index (χ2n) is 3.43. The molecule has 0 spiro atoms. The molecule has 0 bridgehead atoms. The molecule has 2 aromatic heterocycles. The van der Waals surface area contributed by atoms with Gasteiger partial charge in [-0.15, -0.1) is 0 Å². The Morgan fingerprint density at radius 1 is 1.38 bits per heavy atom. The van der Waals surface area contributed by atoms with E-state index in [2.05, 4.69) is 15.3 Å². The Balaban J connectivity index is 1.74. The highest BCUT2D eigenvalue weighted by Crippen LogP contribution is 2.10. The zero-order valence-electron chi connectivity index (χ0n) is 8.81. The standard InChI is InChI=1S/C11H13ClN4/c12-11-10(2-1-3-15-11)8-13-4-6-16-7-5-14-9-16/h1-3,5,7,9,13H,4,6,8H2. The van der Waals surface area contributed by atoms with E-state index >= 15 is 0 Å². The van der Waals surface area contributed by atoms with Crippen LogP contribution in [0.25, 0.3) is 0 Å². The van der Waals surface area contributed by atoms with Crippen LogP contribution < -0.4 is 5.32 Å². The van der Waals surface area contributed by atoms with Gasteiger partial charge in [0.15, 0.2) is 0 Å². The molecule has 4 nitrogen and oxygen atoms in total. The summed E-state index contributed by atoms with van der Waals surface area (Å²) in [5, 5.41) is 3.87. The predicted molar refractivity (Wildman–Crippen MR) is 63.2 cm³/mol. The molecular formula is C11H13ClN4. The lowest BCUT2D eigenvalue weighted by Gasteiger charge is -2.06. The smallest absolute Gasteiger partial charge is 0.133 e.